The molecule has 2 amide bonds. The molecule has 6 heteroatoms. The number of carbonyl (C=O) groups is 2. The number of carboxylic acid groups (broad SMARTS) is 1. The number of rotatable bonds is 4. The maximum absolute atomic E-state index is 12.1. The van der Waals surface area contributed by atoms with Crippen molar-refractivity contribution in [3.8, 4) is 0 Å². The first kappa shape index (κ1) is 15.7. The molecule has 0 fully saturated rings. The Balaban J connectivity index is 5.02. The summed E-state index contributed by atoms with van der Waals surface area (Å²) >= 11 is 0. The van der Waals surface area contributed by atoms with E-state index in [2.05, 4.69) is 0 Å². The Morgan fingerprint density at radius 2 is 1.47 bits per heavy atom. The SMILES string of the molecule is CN(C(=O)N(C)C(C)(C)C(=O)O)C(C)(C)CO. The van der Waals surface area contributed by atoms with Crippen LogP contribution in [0.3, 0.4) is 0 Å². The molecule has 0 saturated heterocycles. The van der Waals surface area contributed by atoms with Crippen molar-refractivity contribution in [1.29, 1.82) is 0 Å². The van der Waals surface area contributed by atoms with Gasteiger partial charge >= 0.3 is 12.0 Å². The molecule has 0 aliphatic heterocycles. The Morgan fingerprint density at radius 1 is 1.06 bits per heavy atom. The molecular formula is C11H22N2O4. The number of carbonyl (C=O) groups excluding carboxylic acids is 1. The second-order valence-electron chi connectivity index (χ2n) is 5.24. The van der Waals surface area contributed by atoms with Crippen LogP contribution in [0.15, 0.2) is 0 Å². The van der Waals surface area contributed by atoms with Crippen LogP contribution in [-0.2, 0) is 4.79 Å². The third kappa shape index (κ3) is 3.09. The molecule has 0 aromatic heterocycles. The lowest BCUT2D eigenvalue weighted by molar-refractivity contribution is -0.147. The summed E-state index contributed by atoms with van der Waals surface area (Å²) in [5.41, 5.74) is -2.03. The highest BCUT2D eigenvalue weighted by molar-refractivity contribution is 5.85. The zero-order valence-electron chi connectivity index (χ0n) is 11.3. The van der Waals surface area contributed by atoms with Crippen molar-refractivity contribution >= 4 is 12.0 Å². The topological polar surface area (TPSA) is 81.1 Å². The predicted molar refractivity (Wildman–Crippen MR) is 63.8 cm³/mol. The monoisotopic (exact) mass is 246 g/mol. The van der Waals surface area contributed by atoms with Gasteiger partial charge in [0.25, 0.3) is 0 Å². The standard InChI is InChI=1S/C11H22N2O4/c1-10(2,7-14)12(5)9(17)13(6)11(3,4)8(15)16/h14H,7H2,1-6H3,(H,15,16). The molecule has 0 saturated carbocycles. The normalized spacial score (nSPS) is 12.2. The van der Waals surface area contributed by atoms with Gasteiger partial charge in [0.15, 0.2) is 0 Å². The summed E-state index contributed by atoms with van der Waals surface area (Å²) in [7, 11) is 2.97. The summed E-state index contributed by atoms with van der Waals surface area (Å²) in [4.78, 5) is 25.6. The number of aliphatic carboxylic acids is 1. The van der Waals surface area contributed by atoms with E-state index < -0.39 is 23.1 Å². The van der Waals surface area contributed by atoms with Crippen molar-refractivity contribution in [2.45, 2.75) is 38.8 Å². The van der Waals surface area contributed by atoms with Crippen LogP contribution >= 0.6 is 0 Å². The first-order chi connectivity index (χ1) is 7.48. The third-order valence-electron chi connectivity index (χ3n) is 3.23. The molecule has 100 valence electrons. The van der Waals surface area contributed by atoms with E-state index in [-0.39, 0.29) is 6.61 Å². The molecule has 0 aliphatic rings. The van der Waals surface area contributed by atoms with Crippen molar-refractivity contribution < 1.29 is 19.8 Å². The smallest absolute Gasteiger partial charge is 0.329 e. The Hall–Kier alpha value is -1.30. The fourth-order valence-electron chi connectivity index (χ4n) is 0.973. The van der Waals surface area contributed by atoms with Gasteiger partial charge < -0.3 is 20.0 Å². The van der Waals surface area contributed by atoms with E-state index in [1.54, 1.807) is 13.8 Å². The molecule has 0 spiro atoms. The number of urea groups is 1. The average molecular weight is 246 g/mol. The molecule has 6 nitrogen and oxygen atoms in total. The summed E-state index contributed by atoms with van der Waals surface area (Å²) in [6.07, 6.45) is 0. The van der Waals surface area contributed by atoms with Crippen LogP contribution in [0.25, 0.3) is 0 Å². The molecular weight excluding hydrogens is 224 g/mol. The minimum absolute atomic E-state index is 0.198. The summed E-state index contributed by atoms with van der Waals surface area (Å²) in [6.45, 7) is 6.11. The maximum atomic E-state index is 12.1. The lowest BCUT2D eigenvalue weighted by atomic mass is 10.0. The molecule has 0 radical (unpaired) electrons. The summed E-state index contributed by atoms with van der Waals surface area (Å²) in [5.74, 6) is -1.08. The molecule has 0 aliphatic carbocycles. The van der Waals surface area contributed by atoms with E-state index in [1.165, 1.54) is 32.8 Å². The van der Waals surface area contributed by atoms with Gasteiger partial charge in [-0.2, -0.15) is 0 Å². The van der Waals surface area contributed by atoms with Gasteiger partial charge in [0.05, 0.1) is 12.1 Å². The number of likely N-dealkylation sites (N-methyl/N-ethyl adjacent to an activating group) is 2. The molecule has 0 bridgehead atoms. The van der Waals surface area contributed by atoms with Crippen LogP contribution in [0, 0.1) is 0 Å². The zero-order valence-corrected chi connectivity index (χ0v) is 11.3. The number of aliphatic hydroxyl groups is 1. The van der Waals surface area contributed by atoms with Gasteiger partial charge in [0, 0.05) is 14.1 Å². The molecule has 0 aromatic carbocycles. The molecule has 17 heavy (non-hydrogen) atoms. The van der Waals surface area contributed by atoms with Crippen molar-refractivity contribution in [1.82, 2.24) is 9.80 Å². The van der Waals surface area contributed by atoms with Gasteiger partial charge in [-0.25, -0.2) is 9.59 Å². The highest BCUT2D eigenvalue weighted by atomic mass is 16.4. The van der Waals surface area contributed by atoms with Crippen LogP contribution in [-0.4, -0.2) is 63.8 Å². The van der Waals surface area contributed by atoms with Crippen LogP contribution in [0.4, 0.5) is 4.79 Å². The number of nitrogens with zero attached hydrogens (tertiary/aromatic N) is 2. The van der Waals surface area contributed by atoms with Crippen LogP contribution in [0.2, 0.25) is 0 Å². The first-order valence-electron chi connectivity index (χ1n) is 5.34. The maximum Gasteiger partial charge on any atom is 0.329 e. The fraction of sp³-hybridized carbons (Fsp3) is 0.818. The number of carboxylic acids is 1. The molecule has 0 atom stereocenters. The summed E-state index contributed by atoms with van der Waals surface area (Å²) in [5, 5.41) is 18.2. The largest absolute Gasteiger partial charge is 0.480 e. The fourth-order valence-corrected chi connectivity index (χ4v) is 0.973. The predicted octanol–water partition coefficient (Wildman–Crippen LogP) is 0.604. The third-order valence-corrected chi connectivity index (χ3v) is 3.23. The number of hydrogen-bond acceptors (Lipinski definition) is 3. The first-order valence-corrected chi connectivity index (χ1v) is 5.34. The lowest BCUT2D eigenvalue weighted by Gasteiger charge is -2.40. The Labute approximate surface area is 102 Å². The van der Waals surface area contributed by atoms with Crippen LogP contribution in [0.1, 0.15) is 27.7 Å². The Morgan fingerprint density at radius 3 is 1.76 bits per heavy atom. The van der Waals surface area contributed by atoms with Crippen molar-refractivity contribution in [2.75, 3.05) is 20.7 Å². The molecule has 0 aromatic rings. The molecule has 0 rings (SSSR count). The van der Waals surface area contributed by atoms with E-state index in [4.69, 9.17) is 5.11 Å². The number of hydrogen-bond donors (Lipinski definition) is 2. The molecule has 0 heterocycles. The van der Waals surface area contributed by atoms with E-state index in [1.807, 2.05) is 0 Å². The number of aliphatic hydroxyl groups excluding tert-OH is 1. The Kier molecular flexibility index (Phi) is 4.54. The van der Waals surface area contributed by atoms with Crippen LogP contribution < -0.4 is 0 Å². The number of amides is 2. The Bertz CT molecular complexity index is 313. The van der Waals surface area contributed by atoms with E-state index in [0.717, 1.165) is 4.90 Å². The second-order valence-corrected chi connectivity index (χ2v) is 5.24. The summed E-state index contributed by atoms with van der Waals surface area (Å²) in [6, 6.07) is -0.448. The molecule has 0 unspecified atom stereocenters. The second kappa shape index (κ2) is 4.91. The van der Waals surface area contributed by atoms with E-state index >= 15 is 0 Å². The van der Waals surface area contributed by atoms with Gasteiger partial charge in [-0.15, -0.1) is 0 Å². The zero-order chi connectivity index (χ0) is 14.0. The van der Waals surface area contributed by atoms with Crippen molar-refractivity contribution in [3.63, 3.8) is 0 Å². The van der Waals surface area contributed by atoms with Crippen molar-refractivity contribution in [2.24, 2.45) is 0 Å². The van der Waals surface area contributed by atoms with E-state index in [0.29, 0.717) is 0 Å². The quantitative estimate of drug-likeness (QED) is 0.761. The highest BCUT2D eigenvalue weighted by Crippen LogP contribution is 2.19. The minimum atomic E-state index is -1.29. The minimum Gasteiger partial charge on any atom is -0.480 e. The van der Waals surface area contributed by atoms with E-state index in [9.17, 15) is 14.7 Å². The summed E-state index contributed by atoms with van der Waals surface area (Å²) < 4.78 is 0. The van der Waals surface area contributed by atoms with Gasteiger partial charge in [0.1, 0.15) is 5.54 Å². The van der Waals surface area contributed by atoms with Gasteiger partial charge in [-0.05, 0) is 27.7 Å². The lowest BCUT2D eigenvalue weighted by Crippen LogP contribution is -2.59. The van der Waals surface area contributed by atoms with Crippen LogP contribution in [0.5, 0.6) is 0 Å². The molecule has 2 N–H and O–H groups in total. The van der Waals surface area contributed by atoms with Gasteiger partial charge in [-0.3, -0.25) is 0 Å². The van der Waals surface area contributed by atoms with Gasteiger partial charge in [0.2, 0.25) is 0 Å². The highest BCUT2D eigenvalue weighted by Gasteiger charge is 2.39. The van der Waals surface area contributed by atoms with Crippen molar-refractivity contribution in [3.05, 3.63) is 0 Å². The average Bonchev–Trinajstić information content (AvgIpc) is 2.25. The van der Waals surface area contributed by atoms with Gasteiger partial charge in [-0.1, -0.05) is 0 Å².